The zero-order valence-corrected chi connectivity index (χ0v) is 12.5. The summed E-state index contributed by atoms with van der Waals surface area (Å²) >= 11 is 0. The molecule has 1 fully saturated rings. The zero-order valence-electron chi connectivity index (χ0n) is 12.5. The van der Waals surface area contributed by atoms with Crippen LogP contribution in [0.4, 0.5) is 0 Å². The van der Waals surface area contributed by atoms with Gasteiger partial charge in [0.05, 0.1) is 5.69 Å². The summed E-state index contributed by atoms with van der Waals surface area (Å²) in [5.41, 5.74) is 3.86. The van der Waals surface area contributed by atoms with Crippen molar-refractivity contribution in [2.75, 3.05) is 0 Å². The van der Waals surface area contributed by atoms with E-state index >= 15 is 0 Å². The molecule has 20 heavy (non-hydrogen) atoms. The molecule has 1 saturated carbocycles. The first-order valence-corrected chi connectivity index (χ1v) is 7.83. The van der Waals surface area contributed by atoms with Crippen LogP contribution < -0.4 is 0 Å². The summed E-state index contributed by atoms with van der Waals surface area (Å²) in [7, 11) is 0. The monoisotopic (exact) mass is 268 g/mol. The summed E-state index contributed by atoms with van der Waals surface area (Å²) in [5.74, 6) is 1.36. The zero-order chi connectivity index (χ0) is 13.9. The van der Waals surface area contributed by atoms with Crippen molar-refractivity contribution in [1.82, 2.24) is 9.78 Å². The lowest BCUT2D eigenvalue weighted by Crippen LogP contribution is -2.16. The third kappa shape index (κ3) is 2.79. The smallest absolute Gasteiger partial charge is 0.0596 e. The van der Waals surface area contributed by atoms with Crippen LogP contribution in [0, 0.1) is 12.8 Å². The predicted molar refractivity (Wildman–Crippen MR) is 82.9 cm³/mol. The van der Waals surface area contributed by atoms with Gasteiger partial charge in [0.15, 0.2) is 0 Å². The molecule has 1 heterocycles. The van der Waals surface area contributed by atoms with Gasteiger partial charge in [0.25, 0.3) is 0 Å². The van der Waals surface area contributed by atoms with Crippen LogP contribution in [0.15, 0.2) is 36.4 Å². The van der Waals surface area contributed by atoms with Crippen molar-refractivity contribution < 1.29 is 0 Å². The Morgan fingerprint density at radius 3 is 2.65 bits per heavy atom. The number of hydrogen-bond acceptors (Lipinski definition) is 1. The molecular weight excluding hydrogens is 244 g/mol. The number of rotatable bonds is 5. The molecule has 0 N–H and O–H groups in total. The maximum Gasteiger partial charge on any atom is 0.0596 e. The van der Waals surface area contributed by atoms with E-state index in [4.69, 9.17) is 5.10 Å². The van der Waals surface area contributed by atoms with Crippen molar-refractivity contribution >= 4 is 0 Å². The SMILES string of the molecule is Cc1cc(C(C)c2ccccc2)n(CCC2CCC2)n1. The Bertz CT molecular complexity index is 552. The predicted octanol–water partition coefficient (Wildman–Crippen LogP) is 4.53. The van der Waals surface area contributed by atoms with Gasteiger partial charge < -0.3 is 0 Å². The highest BCUT2D eigenvalue weighted by molar-refractivity contribution is 5.28. The average Bonchev–Trinajstić information content (AvgIpc) is 2.78. The molecule has 2 aromatic rings. The fourth-order valence-electron chi connectivity index (χ4n) is 3.09. The molecule has 1 aliphatic rings. The molecule has 2 heteroatoms. The fourth-order valence-corrected chi connectivity index (χ4v) is 3.09. The lowest BCUT2D eigenvalue weighted by Gasteiger charge is -2.25. The second-order valence-corrected chi connectivity index (χ2v) is 6.15. The third-order valence-corrected chi connectivity index (χ3v) is 4.65. The quantitative estimate of drug-likeness (QED) is 0.778. The highest BCUT2D eigenvalue weighted by atomic mass is 15.3. The van der Waals surface area contributed by atoms with Crippen LogP contribution in [-0.2, 0) is 6.54 Å². The first-order valence-electron chi connectivity index (χ1n) is 7.83. The molecule has 2 nitrogen and oxygen atoms in total. The molecule has 1 aromatic carbocycles. The van der Waals surface area contributed by atoms with E-state index in [1.165, 1.54) is 36.9 Å². The number of nitrogens with zero attached hydrogens (tertiary/aromatic N) is 2. The molecule has 3 rings (SSSR count). The molecule has 0 bridgehead atoms. The highest BCUT2D eigenvalue weighted by Crippen LogP contribution is 2.31. The summed E-state index contributed by atoms with van der Waals surface area (Å²) in [6, 6.07) is 13.0. The van der Waals surface area contributed by atoms with Gasteiger partial charge in [-0.3, -0.25) is 4.68 Å². The van der Waals surface area contributed by atoms with E-state index in [1.807, 2.05) is 0 Å². The van der Waals surface area contributed by atoms with Crippen molar-refractivity contribution in [3.8, 4) is 0 Å². The van der Waals surface area contributed by atoms with Crippen molar-refractivity contribution in [1.29, 1.82) is 0 Å². The molecule has 0 radical (unpaired) electrons. The molecule has 106 valence electrons. The molecular formula is C18H24N2. The minimum Gasteiger partial charge on any atom is -0.269 e. The van der Waals surface area contributed by atoms with Gasteiger partial charge in [0.1, 0.15) is 0 Å². The maximum atomic E-state index is 4.70. The summed E-state index contributed by atoms with van der Waals surface area (Å²) in [6.45, 7) is 5.46. The Morgan fingerprint density at radius 2 is 2.00 bits per heavy atom. The van der Waals surface area contributed by atoms with Crippen molar-refractivity contribution in [2.24, 2.45) is 5.92 Å². The second kappa shape index (κ2) is 5.82. The van der Waals surface area contributed by atoms with Gasteiger partial charge >= 0.3 is 0 Å². The summed E-state index contributed by atoms with van der Waals surface area (Å²) in [6.07, 6.45) is 5.55. The van der Waals surface area contributed by atoms with Crippen LogP contribution in [0.2, 0.25) is 0 Å². The van der Waals surface area contributed by atoms with Gasteiger partial charge in [-0.15, -0.1) is 0 Å². The van der Waals surface area contributed by atoms with Crippen LogP contribution in [0.25, 0.3) is 0 Å². The third-order valence-electron chi connectivity index (χ3n) is 4.65. The van der Waals surface area contributed by atoms with E-state index in [1.54, 1.807) is 0 Å². The highest BCUT2D eigenvalue weighted by Gasteiger charge is 2.19. The van der Waals surface area contributed by atoms with Gasteiger partial charge in [0.2, 0.25) is 0 Å². The van der Waals surface area contributed by atoms with E-state index in [2.05, 4.69) is 54.9 Å². The molecule has 0 spiro atoms. The molecule has 1 atom stereocenters. The average molecular weight is 268 g/mol. The Kier molecular flexibility index (Phi) is 3.90. The summed E-state index contributed by atoms with van der Waals surface area (Å²) < 4.78 is 2.24. The Balaban J connectivity index is 1.77. The molecule has 0 saturated heterocycles. The molecule has 0 aliphatic heterocycles. The number of aromatic nitrogens is 2. The summed E-state index contributed by atoms with van der Waals surface area (Å²) in [5, 5.41) is 4.70. The molecule has 1 unspecified atom stereocenters. The molecule has 1 aromatic heterocycles. The maximum absolute atomic E-state index is 4.70. The number of aryl methyl sites for hydroxylation is 2. The Morgan fingerprint density at radius 1 is 1.25 bits per heavy atom. The molecule has 1 aliphatic carbocycles. The van der Waals surface area contributed by atoms with Gasteiger partial charge in [-0.1, -0.05) is 56.5 Å². The first-order chi connectivity index (χ1) is 9.74. The van der Waals surface area contributed by atoms with E-state index in [9.17, 15) is 0 Å². The van der Waals surface area contributed by atoms with Gasteiger partial charge in [-0.25, -0.2) is 0 Å². The fraction of sp³-hybridized carbons (Fsp3) is 0.500. The topological polar surface area (TPSA) is 17.8 Å². The lowest BCUT2D eigenvalue weighted by molar-refractivity contribution is 0.276. The Hall–Kier alpha value is -1.57. The van der Waals surface area contributed by atoms with E-state index in [-0.39, 0.29) is 0 Å². The van der Waals surface area contributed by atoms with Crippen molar-refractivity contribution in [3.63, 3.8) is 0 Å². The largest absolute Gasteiger partial charge is 0.269 e. The summed E-state index contributed by atoms with van der Waals surface area (Å²) in [4.78, 5) is 0. The minimum absolute atomic E-state index is 0.416. The second-order valence-electron chi connectivity index (χ2n) is 6.15. The van der Waals surface area contributed by atoms with Crippen LogP contribution >= 0.6 is 0 Å². The van der Waals surface area contributed by atoms with Gasteiger partial charge in [0, 0.05) is 18.2 Å². The van der Waals surface area contributed by atoms with Crippen LogP contribution in [0.1, 0.15) is 55.5 Å². The minimum atomic E-state index is 0.416. The number of hydrogen-bond donors (Lipinski definition) is 0. The first kappa shape index (κ1) is 13.4. The lowest BCUT2D eigenvalue weighted by atomic mass is 9.83. The van der Waals surface area contributed by atoms with Gasteiger partial charge in [-0.05, 0) is 30.9 Å². The Labute approximate surface area is 121 Å². The van der Waals surface area contributed by atoms with E-state index in [0.717, 1.165) is 18.2 Å². The van der Waals surface area contributed by atoms with E-state index in [0.29, 0.717) is 5.92 Å². The normalized spacial score (nSPS) is 16.9. The standard InChI is InChI=1S/C18H24N2/c1-14-13-18(15(2)17-9-4-3-5-10-17)20(19-14)12-11-16-7-6-8-16/h3-5,9-10,13,15-16H,6-8,11-12H2,1-2H3. The molecule has 0 amide bonds. The van der Waals surface area contributed by atoms with Crippen LogP contribution in [0.5, 0.6) is 0 Å². The van der Waals surface area contributed by atoms with E-state index < -0.39 is 0 Å². The number of benzene rings is 1. The van der Waals surface area contributed by atoms with Crippen LogP contribution in [-0.4, -0.2) is 9.78 Å². The van der Waals surface area contributed by atoms with Crippen LogP contribution in [0.3, 0.4) is 0 Å². The van der Waals surface area contributed by atoms with Gasteiger partial charge in [-0.2, -0.15) is 5.10 Å². The van der Waals surface area contributed by atoms with Crippen molar-refractivity contribution in [2.45, 2.75) is 52.0 Å². The van der Waals surface area contributed by atoms with Crippen molar-refractivity contribution in [3.05, 3.63) is 53.3 Å².